The number of carbonyl (C=O) groups is 2. The van der Waals surface area contributed by atoms with Crippen LogP contribution in [0.4, 0.5) is 0 Å². The predicted octanol–water partition coefficient (Wildman–Crippen LogP) is 3.01. The summed E-state index contributed by atoms with van der Waals surface area (Å²) in [5.74, 6) is -1.86. The highest BCUT2D eigenvalue weighted by Crippen LogP contribution is 2.15. The Labute approximate surface area is 146 Å². The first-order valence-electron chi connectivity index (χ1n) is 7.72. The molecule has 2 aromatic rings. The molecular weight excluding hydrogens is 324 g/mol. The molecule has 5 heteroatoms. The zero-order valence-electron chi connectivity index (χ0n) is 13.2. The van der Waals surface area contributed by atoms with E-state index in [1.165, 1.54) is 0 Å². The Hall–Kier alpha value is -2.27. The third kappa shape index (κ3) is 5.42. The number of hydrogen-bond acceptors (Lipinski definition) is 4. The van der Waals surface area contributed by atoms with Crippen LogP contribution in [0.25, 0.3) is 0 Å². The highest BCUT2D eigenvalue weighted by molar-refractivity contribution is 7.80. The maximum absolute atomic E-state index is 12.3. The van der Waals surface area contributed by atoms with Crippen LogP contribution in [0.15, 0.2) is 60.7 Å². The van der Waals surface area contributed by atoms with E-state index >= 15 is 0 Å². The molecule has 0 radical (unpaired) electrons. The first-order chi connectivity index (χ1) is 11.6. The fraction of sp³-hybridized carbons (Fsp3) is 0.263. The lowest BCUT2D eigenvalue weighted by Gasteiger charge is -2.18. The summed E-state index contributed by atoms with van der Waals surface area (Å²) < 4.78 is 5.25. The Morgan fingerprint density at radius 1 is 0.917 bits per heavy atom. The highest BCUT2D eigenvalue weighted by Gasteiger charge is 2.27. The second kappa shape index (κ2) is 9.13. The van der Waals surface area contributed by atoms with Crippen molar-refractivity contribution < 1.29 is 19.4 Å². The first kappa shape index (κ1) is 18.1. The minimum atomic E-state index is -1.20. The van der Waals surface area contributed by atoms with E-state index in [4.69, 9.17) is 4.74 Å². The minimum Gasteiger partial charge on any atom is -0.478 e. The number of hydrogen-bond donors (Lipinski definition) is 2. The molecular formula is C19H20O4S. The van der Waals surface area contributed by atoms with Crippen molar-refractivity contribution in [1.29, 1.82) is 0 Å². The van der Waals surface area contributed by atoms with Crippen molar-refractivity contribution >= 4 is 24.6 Å². The van der Waals surface area contributed by atoms with E-state index in [1.54, 1.807) is 0 Å². The van der Waals surface area contributed by atoms with Gasteiger partial charge in [-0.25, -0.2) is 4.79 Å². The Morgan fingerprint density at radius 2 is 1.42 bits per heavy atom. The van der Waals surface area contributed by atoms with Crippen LogP contribution in [-0.4, -0.2) is 28.9 Å². The molecule has 126 valence electrons. The molecule has 0 saturated carbocycles. The molecule has 0 saturated heterocycles. The van der Waals surface area contributed by atoms with Gasteiger partial charge in [0.2, 0.25) is 6.10 Å². The molecule has 0 aliphatic heterocycles. The van der Waals surface area contributed by atoms with Crippen LogP contribution < -0.4 is 0 Å². The average Bonchev–Trinajstić information content (AvgIpc) is 2.60. The van der Waals surface area contributed by atoms with E-state index in [0.717, 1.165) is 11.1 Å². The number of carbonyl (C=O) groups excluding carboxylic acids is 1. The molecule has 0 unspecified atom stereocenters. The summed E-state index contributed by atoms with van der Waals surface area (Å²) in [7, 11) is 0. The fourth-order valence-corrected chi connectivity index (χ4v) is 2.64. The lowest BCUT2D eigenvalue weighted by molar-refractivity contribution is -0.166. The standard InChI is InChI=1S/C19H20O4S/c20-18(21)17(12-15-9-5-2-6-10-15)23-19(22)16(13-24)11-14-7-3-1-4-8-14/h1-10,16-17,24H,11-13H2,(H,20,21)/t16-,17+/m1/s1. The van der Waals surface area contributed by atoms with Crippen LogP contribution in [0.3, 0.4) is 0 Å². The van der Waals surface area contributed by atoms with Crippen molar-refractivity contribution in [3.8, 4) is 0 Å². The van der Waals surface area contributed by atoms with Crippen LogP contribution in [0.5, 0.6) is 0 Å². The molecule has 0 aliphatic carbocycles. The molecule has 0 amide bonds. The lowest BCUT2D eigenvalue weighted by Crippen LogP contribution is -2.33. The van der Waals surface area contributed by atoms with Crippen molar-refractivity contribution in [2.45, 2.75) is 18.9 Å². The quantitative estimate of drug-likeness (QED) is 0.571. The maximum Gasteiger partial charge on any atom is 0.345 e. The average molecular weight is 344 g/mol. The van der Waals surface area contributed by atoms with E-state index < -0.39 is 24.0 Å². The Balaban J connectivity index is 2.01. The molecule has 24 heavy (non-hydrogen) atoms. The summed E-state index contributed by atoms with van der Waals surface area (Å²) in [4.78, 5) is 23.8. The molecule has 0 bridgehead atoms. The van der Waals surface area contributed by atoms with E-state index in [9.17, 15) is 14.7 Å². The number of esters is 1. The predicted molar refractivity (Wildman–Crippen MR) is 95.2 cm³/mol. The van der Waals surface area contributed by atoms with Crippen molar-refractivity contribution in [3.63, 3.8) is 0 Å². The second-order valence-electron chi connectivity index (χ2n) is 5.52. The molecule has 1 N–H and O–H groups in total. The van der Waals surface area contributed by atoms with Gasteiger partial charge in [0.15, 0.2) is 0 Å². The number of carboxylic acids is 1. The largest absolute Gasteiger partial charge is 0.478 e. The molecule has 0 fully saturated rings. The van der Waals surface area contributed by atoms with Gasteiger partial charge in [0.25, 0.3) is 0 Å². The zero-order valence-corrected chi connectivity index (χ0v) is 14.1. The van der Waals surface area contributed by atoms with Gasteiger partial charge in [-0.2, -0.15) is 12.6 Å². The number of carboxylic acid groups (broad SMARTS) is 1. The van der Waals surface area contributed by atoms with Gasteiger partial charge in [-0.3, -0.25) is 4.79 Å². The summed E-state index contributed by atoms with van der Waals surface area (Å²) in [5, 5.41) is 9.33. The summed E-state index contributed by atoms with van der Waals surface area (Å²) in [5.41, 5.74) is 1.80. The monoisotopic (exact) mass is 344 g/mol. The summed E-state index contributed by atoms with van der Waals surface area (Å²) in [6.45, 7) is 0. The van der Waals surface area contributed by atoms with Gasteiger partial charge in [0.05, 0.1) is 5.92 Å². The van der Waals surface area contributed by atoms with Crippen LogP contribution in [-0.2, 0) is 27.2 Å². The topological polar surface area (TPSA) is 63.6 Å². The Kier molecular flexibility index (Phi) is 6.88. The van der Waals surface area contributed by atoms with Crippen molar-refractivity contribution in [2.24, 2.45) is 5.92 Å². The van der Waals surface area contributed by atoms with Gasteiger partial charge in [0, 0.05) is 12.2 Å². The van der Waals surface area contributed by atoms with Crippen LogP contribution in [0.2, 0.25) is 0 Å². The van der Waals surface area contributed by atoms with Gasteiger partial charge in [0.1, 0.15) is 0 Å². The lowest BCUT2D eigenvalue weighted by atomic mass is 10.0. The summed E-state index contributed by atoms with van der Waals surface area (Å²) in [6.07, 6.45) is -0.578. The molecule has 0 aromatic heterocycles. The SMILES string of the molecule is O=C(O[C@@H](Cc1ccccc1)C(=O)O)[C@@H](CS)Cc1ccccc1. The van der Waals surface area contributed by atoms with Crippen molar-refractivity contribution in [3.05, 3.63) is 71.8 Å². The number of thiol groups is 1. The van der Waals surface area contributed by atoms with E-state index in [2.05, 4.69) is 12.6 Å². The van der Waals surface area contributed by atoms with E-state index in [1.807, 2.05) is 60.7 Å². The molecule has 0 aliphatic rings. The fourth-order valence-electron chi connectivity index (χ4n) is 2.37. The summed E-state index contributed by atoms with van der Waals surface area (Å²) >= 11 is 4.21. The molecule has 2 rings (SSSR count). The van der Waals surface area contributed by atoms with Crippen LogP contribution >= 0.6 is 12.6 Å². The van der Waals surface area contributed by atoms with E-state index in [-0.39, 0.29) is 6.42 Å². The molecule has 0 spiro atoms. The molecule has 4 nitrogen and oxygen atoms in total. The van der Waals surface area contributed by atoms with Crippen molar-refractivity contribution in [1.82, 2.24) is 0 Å². The maximum atomic E-state index is 12.3. The number of rotatable bonds is 8. The minimum absolute atomic E-state index is 0.145. The Morgan fingerprint density at radius 3 is 1.88 bits per heavy atom. The van der Waals surface area contributed by atoms with Gasteiger partial charge in [-0.1, -0.05) is 60.7 Å². The van der Waals surface area contributed by atoms with E-state index in [0.29, 0.717) is 12.2 Å². The first-order valence-corrected chi connectivity index (χ1v) is 8.35. The normalized spacial score (nSPS) is 13.0. The molecule has 2 aromatic carbocycles. The number of ether oxygens (including phenoxy) is 1. The second-order valence-corrected chi connectivity index (χ2v) is 5.89. The zero-order chi connectivity index (χ0) is 17.4. The number of benzene rings is 2. The Bertz CT molecular complexity index is 658. The van der Waals surface area contributed by atoms with Crippen LogP contribution in [0, 0.1) is 5.92 Å². The summed E-state index contributed by atoms with van der Waals surface area (Å²) in [6, 6.07) is 18.6. The van der Waals surface area contributed by atoms with Gasteiger partial charge in [-0.15, -0.1) is 0 Å². The van der Waals surface area contributed by atoms with Gasteiger partial charge in [-0.05, 0) is 17.5 Å². The smallest absolute Gasteiger partial charge is 0.345 e. The van der Waals surface area contributed by atoms with Gasteiger partial charge < -0.3 is 9.84 Å². The van der Waals surface area contributed by atoms with Crippen molar-refractivity contribution in [2.75, 3.05) is 5.75 Å². The number of aliphatic carboxylic acids is 1. The highest BCUT2D eigenvalue weighted by atomic mass is 32.1. The third-order valence-corrected chi connectivity index (χ3v) is 4.12. The third-order valence-electron chi connectivity index (χ3n) is 3.68. The van der Waals surface area contributed by atoms with Gasteiger partial charge >= 0.3 is 11.9 Å². The molecule has 2 atom stereocenters. The van der Waals surface area contributed by atoms with Crippen LogP contribution in [0.1, 0.15) is 11.1 Å². The molecule has 0 heterocycles.